The molecule has 0 spiro atoms. The lowest BCUT2D eigenvalue weighted by Gasteiger charge is -2.31. The molecule has 1 aliphatic rings. The lowest BCUT2D eigenvalue weighted by molar-refractivity contribution is 0.222. The Bertz CT molecular complexity index is 1120. The van der Waals surface area contributed by atoms with Crippen LogP contribution in [0.2, 0.25) is 0 Å². The first-order valence-corrected chi connectivity index (χ1v) is 11.6. The van der Waals surface area contributed by atoms with Crippen LogP contribution in [0.3, 0.4) is 0 Å². The van der Waals surface area contributed by atoms with E-state index in [2.05, 4.69) is 15.2 Å². The van der Waals surface area contributed by atoms with Crippen LogP contribution in [0.15, 0.2) is 77.8 Å². The van der Waals surface area contributed by atoms with Gasteiger partial charge in [-0.2, -0.15) is 4.31 Å². The summed E-state index contributed by atoms with van der Waals surface area (Å²) in [6, 6.07) is 19.0. The summed E-state index contributed by atoms with van der Waals surface area (Å²) >= 11 is 0. The van der Waals surface area contributed by atoms with E-state index in [9.17, 15) is 12.8 Å². The minimum Gasteiger partial charge on any atom is -0.359 e. The molecule has 0 radical (unpaired) electrons. The van der Waals surface area contributed by atoms with Gasteiger partial charge in [-0.15, -0.1) is 0 Å². The topological polar surface area (TPSA) is 65.5 Å². The lowest BCUT2D eigenvalue weighted by atomic mass is 9.98. The first-order chi connectivity index (χ1) is 14.9. The number of nitrogens with one attached hydrogen (secondary N) is 1. The number of rotatable bonds is 6. The minimum absolute atomic E-state index is 0.171. The summed E-state index contributed by atoms with van der Waals surface area (Å²) in [5.41, 5.74) is 1.70. The Kier molecular flexibility index (Phi) is 6.31. The summed E-state index contributed by atoms with van der Waals surface area (Å²) in [6.45, 7) is 2.35. The molecule has 4 rings (SSSR count). The zero-order chi connectivity index (χ0) is 21.8. The summed E-state index contributed by atoms with van der Waals surface area (Å²) in [4.78, 5) is 6.62. The van der Waals surface area contributed by atoms with E-state index in [0.29, 0.717) is 32.0 Å². The minimum atomic E-state index is -3.57. The van der Waals surface area contributed by atoms with Crippen LogP contribution in [0, 0.1) is 5.82 Å². The Morgan fingerprint density at radius 2 is 1.65 bits per heavy atom. The van der Waals surface area contributed by atoms with Gasteiger partial charge < -0.3 is 10.2 Å². The molecule has 0 aliphatic carbocycles. The summed E-state index contributed by atoms with van der Waals surface area (Å²) in [5, 5.41) is 3.31. The summed E-state index contributed by atoms with van der Waals surface area (Å²) in [6.07, 6.45) is 1.38. The van der Waals surface area contributed by atoms with Crippen molar-refractivity contribution in [2.45, 2.75) is 10.9 Å². The fourth-order valence-corrected chi connectivity index (χ4v) is 5.00. The smallest absolute Gasteiger partial charge is 0.244 e. The first kappa shape index (κ1) is 21.4. The van der Waals surface area contributed by atoms with Crippen LogP contribution in [0.25, 0.3) is 0 Å². The molecule has 0 amide bonds. The van der Waals surface area contributed by atoms with Gasteiger partial charge in [0.25, 0.3) is 0 Å². The van der Waals surface area contributed by atoms with Crippen molar-refractivity contribution in [1.82, 2.24) is 14.2 Å². The molecule has 1 N–H and O–H groups in total. The molecule has 0 bridgehead atoms. The molecule has 31 heavy (non-hydrogen) atoms. The number of aromatic nitrogens is 1. The van der Waals surface area contributed by atoms with Crippen molar-refractivity contribution in [3.63, 3.8) is 0 Å². The van der Waals surface area contributed by atoms with Gasteiger partial charge in [-0.25, -0.2) is 17.8 Å². The number of benzene rings is 2. The van der Waals surface area contributed by atoms with Crippen molar-refractivity contribution in [1.29, 1.82) is 0 Å². The van der Waals surface area contributed by atoms with Crippen LogP contribution in [-0.4, -0.2) is 55.8 Å². The first-order valence-electron chi connectivity index (χ1n) is 10.2. The second-order valence-electron chi connectivity index (χ2n) is 7.63. The number of anilines is 1. The van der Waals surface area contributed by atoms with Crippen molar-refractivity contribution >= 4 is 15.8 Å². The van der Waals surface area contributed by atoms with Gasteiger partial charge in [0.1, 0.15) is 16.5 Å². The molecule has 1 unspecified atom stereocenters. The number of sulfonamides is 1. The van der Waals surface area contributed by atoms with Gasteiger partial charge in [0.2, 0.25) is 10.0 Å². The largest absolute Gasteiger partial charge is 0.359 e. The van der Waals surface area contributed by atoms with Crippen molar-refractivity contribution in [2.75, 3.05) is 38.5 Å². The molecule has 0 saturated carbocycles. The number of hydrogen-bond acceptors (Lipinski definition) is 5. The Hall–Kier alpha value is -2.81. The van der Waals surface area contributed by atoms with E-state index in [1.165, 1.54) is 22.6 Å². The second-order valence-corrected chi connectivity index (χ2v) is 9.57. The quantitative estimate of drug-likeness (QED) is 0.637. The molecular formula is C23H25FN4O2S. The average molecular weight is 441 g/mol. The Morgan fingerprint density at radius 1 is 0.935 bits per heavy atom. The molecule has 6 nitrogen and oxygen atoms in total. The van der Waals surface area contributed by atoms with E-state index < -0.39 is 10.0 Å². The fourth-order valence-electron chi connectivity index (χ4n) is 3.63. The number of pyridine rings is 1. The maximum Gasteiger partial charge on any atom is 0.244 e. The molecule has 162 valence electrons. The van der Waals surface area contributed by atoms with E-state index in [1.807, 2.05) is 43.4 Å². The van der Waals surface area contributed by atoms with E-state index in [0.717, 1.165) is 11.1 Å². The Morgan fingerprint density at radius 3 is 2.29 bits per heavy atom. The van der Waals surface area contributed by atoms with Gasteiger partial charge in [-0.05, 0) is 42.4 Å². The predicted octanol–water partition coefficient (Wildman–Crippen LogP) is 3.36. The highest BCUT2D eigenvalue weighted by Crippen LogP contribution is 2.27. The third kappa shape index (κ3) is 4.92. The van der Waals surface area contributed by atoms with Crippen molar-refractivity contribution in [2.24, 2.45) is 0 Å². The Labute approximate surface area is 182 Å². The Balaban J connectivity index is 1.57. The van der Waals surface area contributed by atoms with Crippen LogP contribution in [-0.2, 0) is 10.0 Å². The van der Waals surface area contributed by atoms with E-state index in [1.54, 1.807) is 18.2 Å². The van der Waals surface area contributed by atoms with Gasteiger partial charge in [0.15, 0.2) is 0 Å². The number of halogens is 1. The van der Waals surface area contributed by atoms with Crippen LogP contribution in [0.5, 0.6) is 0 Å². The SMILES string of the molecule is CN1CCN(S(=O)(=O)c2ccc(NC(c3ccccc3)c3cccc(F)c3)nc2)CC1. The van der Waals surface area contributed by atoms with Gasteiger partial charge >= 0.3 is 0 Å². The zero-order valence-corrected chi connectivity index (χ0v) is 18.1. The number of nitrogens with zero attached hydrogens (tertiary/aromatic N) is 3. The summed E-state index contributed by atoms with van der Waals surface area (Å²) in [7, 11) is -1.59. The third-order valence-corrected chi connectivity index (χ3v) is 7.33. The molecular weight excluding hydrogens is 415 g/mol. The average Bonchev–Trinajstić information content (AvgIpc) is 2.79. The molecule has 1 atom stereocenters. The summed E-state index contributed by atoms with van der Waals surface area (Å²) in [5.74, 6) is 0.192. The highest BCUT2D eigenvalue weighted by Gasteiger charge is 2.27. The monoisotopic (exact) mass is 440 g/mol. The van der Waals surface area contributed by atoms with Crippen LogP contribution < -0.4 is 5.32 Å². The fraction of sp³-hybridized carbons (Fsp3) is 0.261. The van der Waals surface area contributed by atoms with E-state index in [4.69, 9.17) is 0 Å². The van der Waals surface area contributed by atoms with Gasteiger partial charge in [-0.3, -0.25) is 0 Å². The van der Waals surface area contributed by atoms with Crippen LogP contribution in [0.1, 0.15) is 17.2 Å². The molecule has 2 heterocycles. The number of hydrogen-bond donors (Lipinski definition) is 1. The molecule has 1 aliphatic heterocycles. The zero-order valence-electron chi connectivity index (χ0n) is 17.3. The van der Waals surface area contributed by atoms with Crippen molar-refractivity contribution in [3.05, 3.63) is 89.9 Å². The predicted molar refractivity (Wildman–Crippen MR) is 119 cm³/mol. The van der Waals surface area contributed by atoms with Crippen molar-refractivity contribution in [3.8, 4) is 0 Å². The van der Waals surface area contributed by atoms with Crippen LogP contribution >= 0.6 is 0 Å². The molecule has 2 aromatic carbocycles. The van der Waals surface area contributed by atoms with Gasteiger partial charge in [0.05, 0.1) is 6.04 Å². The third-order valence-electron chi connectivity index (χ3n) is 5.44. The van der Waals surface area contributed by atoms with Crippen molar-refractivity contribution < 1.29 is 12.8 Å². The highest BCUT2D eigenvalue weighted by molar-refractivity contribution is 7.89. The molecule has 8 heteroatoms. The molecule has 1 aromatic heterocycles. The lowest BCUT2D eigenvalue weighted by Crippen LogP contribution is -2.47. The standard InChI is InChI=1S/C23H25FN4O2S/c1-27-12-14-28(15-13-27)31(29,30)21-10-11-22(25-17-21)26-23(18-6-3-2-4-7-18)19-8-5-9-20(24)16-19/h2-11,16-17,23H,12-15H2,1H3,(H,25,26). The normalized spacial score (nSPS) is 16.7. The number of piperazine rings is 1. The molecule has 1 fully saturated rings. The maximum absolute atomic E-state index is 13.8. The van der Waals surface area contributed by atoms with E-state index >= 15 is 0 Å². The van der Waals surface area contributed by atoms with Gasteiger partial charge in [0, 0.05) is 32.4 Å². The number of likely N-dealkylation sites (N-methyl/N-ethyl adjacent to an activating group) is 1. The second kappa shape index (κ2) is 9.13. The summed E-state index contributed by atoms with van der Waals surface area (Å²) < 4.78 is 41.2. The van der Waals surface area contributed by atoms with Crippen LogP contribution in [0.4, 0.5) is 10.2 Å². The maximum atomic E-state index is 13.8. The molecule has 3 aromatic rings. The van der Waals surface area contributed by atoms with Gasteiger partial charge in [-0.1, -0.05) is 42.5 Å². The highest BCUT2D eigenvalue weighted by atomic mass is 32.2. The van der Waals surface area contributed by atoms with E-state index in [-0.39, 0.29) is 16.8 Å². The molecule has 1 saturated heterocycles.